The fourth-order valence-electron chi connectivity index (χ4n) is 2.11. The number of hydrogen-bond acceptors (Lipinski definition) is 5. The van der Waals surface area contributed by atoms with E-state index >= 15 is 0 Å². The second kappa shape index (κ2) is 8.49. The van der Waals surface area contributed by atoms with Crippen LogP contribution in [-0.4, -0.2) is 31.7 Å². The number of benzene rings is 2. The molecular weight excluding hydrogens is 324 g/mol. The minimum absolute atomic E-state index is 0.236. The molecule has 0 aliphatic rings. The maximum absolute atomic E-state index is 12.2. The van der Waals surface area contributed by atoms with Gasteiger partial charge in [0.15, 0.2) is 0 Å². The molecular formula is C18H18N2O5. The van der Waals surface area contributed by atoms with Crippen LogP contribution in [0.25, 0.3) is 0 Å². The molecule has 2 N–H and O–H groups in total. The number of nitrogens with one attached hydrogen (secondary N) is 2. The Morgan fingerprint density at radius 3 is 2.44 bits per heavy atom. The van der Waals surface area contributed by atoms with Gasteiger partial charge in [0.05, 0.1) is 30.5 Å². The largest absolute Gasteiger partial charge is 0.465 e. The Kier molecular flexibility index (Phi) is 6.11. The van der Waals surface area contributed by atoms with Crippen molar-refractivity contribution in [3.8, 4) is 0 Å². The molecule has 0 heterocycles. The molecule has 7 nitrogen and oxygen atoms in total. The van der Waals surface area contributed by atoms with Crippen molar-refractivity contribution in [2.45, 2.75) is 6.92 Å². The molecule has 0 aromatic heterocycles. The van der Waals surface area contributed by atoms with Gasteiger partial charge in [-0.05, 0) is 37.3 Å². The lowest BCUT2D eigenvalue weighted by molar-refractivity contribution is 0.0526. The minimum Gasteiger partial charge on any atom is -0.465 e. The van der Waals surface area contributed by atoms with Crippen molar-refractivity contribution in [1.82, 2.24) is 0 Å². The number of methoxy groups -OCH3 is 1. The molecule has 0 atom stereocenters. The molecule has 25 heavy (non-hydrogen) atoms. The maximum atomic E-state index is 12.2. The first-order chi connectivity index (χ1) is 12.0. The van der Waals surface area contributed by atoms with Crippen LogP contribution in [0, 0.1) is 0 Å². The van der Waals surface area contributed by atoms with Crippen LogP contribution in [0.4, 0.5) is 16.2 Å². The van der Waals surface area contributed by atoms with Crippen LogP contribution in [0.3, 0.4) is 0 Å². The number of carbonyl (C=O) groups excluding carboxylic acids is 3. The van der Waals surface area contributed by atoms with Crippen LogP contribution < -0.4 is 10.6 Å². The van der Waals surface area contributed by atoms with Gasteiger partial charge in [0, 0.05) is 5.69 Å². The highest BCUT2D eigenvalue weighted by Gasteiger charge is 2.14. The van der Waals surface area contributed by atoms with Crippen molar-refractivity contribution in [1.29, 1.82) is 0 Å². The predicted octanol–water partition coefficient (Wildman–Crippen LogP) is 3.29. The van der Waals surface area contributed by atoms with Crippen molar-refractivity contribution >= 4 is 29.3 Å². The normalized spacial score (nSPS) is 9.84. The molecule has 2 amide bonds. The Labute approximate surface area is 144 Å². The molecule has 0 spiro atoms. The zero-order chi connectivity index (χ0) is 18.2. The Morgan fingerprint density at radius 1 is 0.960 bits per heavy atom. The molecule has 0 saturated heterocycles. The van der Waals surface area contributed by atoms with E-state index in [-0.39, 0.29) is 12.2 Å². The van der Waals surface area contributed by atoms with Crippen molar-refractivity contribution < 1.29 is 23.9 Å². The standard InChI is InChI=1S/C18H18N2O5/c1-3-25-17(22)14-9-4-5-10-15(14)20-18(23)19-13-8-6-7-12(11-13)16(21)24-2/h4-11H,3H2,1-2H3,(H2,19,20,23). The minimum atomic E-state index is -0.557. The zero-order valence-corrected chi connectivity index (χ0v) is 13.9. The van der Waals surface area contributed by atoms with E-state index in [1.54, 1.807) is 49.4 Å². The quantitative estimate of drug-likeness (QED) is 0.813. The van der Waals surface area contributed by atoms with Crippen LogP contribution in [0.15, 0.2) is 48.5 Å². The third kappa shape index (κ3) is 4.81. The van der Waals surface area contributed by atoms with Crippen LogP contribution >= 0.6 is 0 Å². The Hall–Kier alpha value is -3.35. The highest BCUT2D eigenvalue weighted by Crippen LogP contribution is 2.17. The number of anilines is 2. The van der Waals surface area contributed by atoms with E-state index in [1.807, 2.05) is 0 Å². The summed E-state index contributed by atoms with van der Waals surface area (Å²) in [6.07, 6.45) is 0. The molecule has 0 unspecified atom stereocenters. The second-order valence-electron chi connectivity index (χ2n) is 4.92. The Balaban J connectivity index is 2.11. The van der Waals surface area contributed by atoms with Gasteiger partial charge >= 0.3 is 18.0 Å². The number of hydrogen-bond donors (Lipinski definition) is 2. The van der Waals surface area contributed by atoms with Crippen LogP contribution in [0.5, 0.6) is 0 Å². The van der Waals surface area contributed by atoms with Gasteiger partial charge in [0.1, 0.15) is 0 Å². The summed E-state index contributed by atoms with van der Waals surface area (Å²) in [4.78, 5) is 35.6. The first kappa shape index (κ1) is 18.0. The summed E-state index contributed by atoms with van der Waals surface area (Å²) in [6, 6.07) is 12.3. The maximum Gasteiger partial charge on any atom is 0.340 e. The monoisotopic (exact) mass is 342 g/mol. The van der Waals surface area contributed by atoms with E-state index in [0.29, 0.717) is 16.9 Å². The third-order valence-corrected chi connectivity index (χ3v) is 3.21. The average Bonchev–Trinajstić information content (AvgIpc) is 2.61. The van der Waals surface area contributed by atoms with E-state index in [9.17, 15) is 14.4 Å². The summed E-state index contributed by atoms with van der Waals surface area (Å²) in [5, 5.41) is 5.19. The van der Waals surface area contributed by atoms with Gasteiger partial charge in [-0.3, -0.25) is 0 Å². The van der Waals surface area contributed by atoms with Gasteiger partial charge in [-0.1, -0.05) is 18.2 Å². The number of rotatable bonds is 5. The van der Waals surface area contributed by atoms with Crippen LogP contribution in [0.1, 0.15) is 27.6 Å². The van der Waals surface area contributed by atoms with Crippen molar-refractivity contribution in [2.75, 3.05) is 24.4 Å². The molecule has 0 aliphatic carbocycles. The molecule has 7 heteroatoms. The SMILES string of the molecule is CCOC(=O)c1ccccc1NC(=O)Nc1cccc(C(=O)OC)c1. The van der Waals surface area contributed by atoms with Gasteiger partial charge in [-0.15, -0.1) is 0 Å². The lowest BCUT2D eigenvalue weighted by Crippen LogP contribution is -2.21. The molecule has 0 aliphatic heterocycles. The molecule has 2 aromatic rings. The predicted molar refractivity (Wildman–Crippen MR) is 92.8 cm³/mol. The highest BCUT2D eigenvalue weighted by molar-refractivity contribution is 6.05. The van der Waals surface area contributed by atoms with Gasteiger partial charge in [-0.2, -0.15) is 0 Å². The number of carbonyl (C=O) groups is 3. The number of ether oxygens (including phenoxy) is 2. The van der Waals surface area contributed by atoms with Gasteiger partial charge < -0.3 is 20.1 Å². The smallest absolute Gasteiger partial charge is 0.340 e. The summed E-state index contributed by atoms with van der Waals surface area (Å²) < 4.78 is 9.60. The highest BCUT2D eigenvalue weighted by atomic mass is 16.5. The van der Waals surface area contributed by atoms with E-state index < -0.39 is 18.0 Å². The molecule has 0 saturated carbocycles. The van der Waals surface area contributed by atoms with Gasteiger partial charge in [0.2, 0.25) is 0 Å². The Bertz CT molecular complexity index is 789. The molecule has 0 bridgehead atoms. The van der Waals surface area contributed by atoms with Gasteiger partial charge in [-0.25, -0.2) is 14.4 Å². The third-order valence-electron chi connectivity index (χ3n) is 3.21. The lowest BCUT2D eigenvalue weighted by Gasteiger charge is -2.11. The molecule has 0 fully saturated rings. The first-order valence-electron chi connectivity index (χ1n) is 7.57. The van der Waals surface area contributed by atoms with Crippen LogP contribution in [-0.2, 0) is 9.47 Å². The van der Waals surface area contributed by atoms with Gasteiger partial charge in [0.25, 0.3) is 0 Å². The summed E-state index contributed by atoms with van der Waals surface area (Å²) in [5.74, 6) is -1.03. The molecule has 2 rings (SSSR count). The summed E-state index contributed by atoms with van der Waals surface area (Å²) in [5.41, 5.74) is 1.30. The topological polar surface area (TPSA) is 93.7 Å². The summed E-state index contributed by atoms with van der Waals surface area (Å²) in [7, 11) is 1.28. The number of para-hydroxylation sites is 1. The Morgan fingerprint density at radius 2 is 1.72 bits per heavy atom. The van der Waals surface area contributed by atoms with E-state index in [1.165, 1.54) is 13.2 Å². The lowest BCUT2D eigenvalue weighted by atomic mass is 10.2. The first-order valence-corrected chi connectivity index (χ1v) is 7.57. The molecule has 2 aromatic carbocycles. The number of amides is 2. The van der Waals surface area contributed by atoms with Crippen molar-refractivity contribution in [3.05, 3.63) is 59.7 Å². The number of esters is 2. The molecule has 0 radical (unpaired) electrons. The van der Waals surface area contributed by atoms with E-state index in [0.717, 1.165) is 0 Å². The molecule has 130 valence electrons. The fourth-order valence-corrected chi connectivity index (χ4v) is 2.11. The fraction of sp³-hybridized carbons (Fsp3) is 0.167. The van der Waals surface area contributed by atoms with E-state index in [4.69, 9.17) is 4.74 Å². The van der Waals surface area contributed by atoms with Crippen LogP contribution in [0.2, 0.25) is 0 Å². The summed E-state index contributed by atoms with van der Waals surface area (Å²) in [6.45, 7) is 1.94. The number of urea groups is 1. The second-order valence-corrected chi connectivity index (χ2v) is 4.92. The average molecular weight is 342 g/mol. The van der Waals surface area contributed by atoms with Crippen molar-refractivity contribution in [2.24, 2.45) is 0 Å². The summed E-state index contributed by atoms with van der Waals surface area (Å²) >= 11 is 0. The van der Waals surface area contributed by atoms with Crippen molar-refractivity contribution in [3.63, 3.8) is 0 Å². The zero-order valence-electron chi connectivity index (χ0n) is 13.9. The van der Waals surface area contributed by atoms with E-state index in [2.05, 4.69) is 15.4 Å².